The molecule has 1 aliphatic heterocycles. The topological polar surface area (TPSA) is 178 Å². The van der Waals surface area contributed by atoms with E-state index in [9.17, 15) is 28.5 Å². The van der Waals surface area contributed by atoms with Crippen molar-refractivity contribution in [1.82, 2.24) is 0 Å². The standard InChI is InChI=1S/C46H80O12S/c1-3-5-7-9-11-13-15-16-17-18-19-20-21-22-23-24-25-27-29-31-33-35-42(48)56-40(38-54-36-34-32-30-28-26-14-12-10-8-6-4-2)39-55-46-44(50)45(58-59(51,52)53)43(49)41(37-47)57-46/h5,7,11,13,16-17,19-20,22-23,40-41,43-47,49-50H,3-4,6,8-10,12,14-15,18,21,24-39H2,1-2H3,(H,51,52,53)/b7-5-,13-11-,17-16-,20-19-,23-22-. The molecular weight excluding hydrogens is 777 g/mol. The van der Waals surface area contributed by atoms with Crippen molar-refractivity contribution in [3.63, 3.8) is 0 Å². The largest absolute Gasteiger partial charge is 0.457 e. The summed E-state index contributed by atoms with van der Waals surface area (Å²) in [5.74, 6) is -0.419. The first kappa shape index (κ1) is 54.8. The maximum absolute atomic E-state index is 12.8. The van der Waals surface area contributed by atoms with Gasteiger partial charge in [-0.3, -0.25) is 9.35 Å². The lowest BCUT2D eigenvalue weighted by Gasteiger charge is -2.41. The molecule has 1 fully saturated rings. The van der Waals surface area contributed by atoms with E-state index in [1.165, 1.54) is 51.4 Å². The van der Waals surface area contributed by atoms with Gasteiger partial charge in [0.15, 0.2) is 6.29 Å². The number of ether oxygens (including phenoxy) is 4. The summed E-state index contributed by atoms with van der Waals surface area (Å²) in [7, 11) is -5.06. The van der Waals surface area contributed by atoms with Gasteiger partial charge in [0.1, 0.15) is 30.5 Å². The molecule has 0 saturated carbocycles. The molecule has 4 N–H and O–H groups in total. The number of esters is 1. The Morgan fingerprint density at radius 2 is 1.17 bits per heavy atom. The molecule has 0 bridgehead atoms. The highest BCUT2D eigenvalue weighted by Gasteiger charge is 2.48. The number of aliphatic hydroxyl groups is 3. The Balaban J connectivity index is 2.42. The van der Waals surface area contributed by atoms with E-state index in [0.717, 1.165) is 83.5 Å². The van der Waals surface area contributed by atoms with Crippen molar-refractivity contribution < 1.29 is 56.2 Å². The van der Waals surface area contributed by atoms with Crippen molar-refractivity contribution in [2.24, 2.45) is 0 Å². The van der Waals surface area contributed by atoms with E-state index >= 15 is 0 Å². The quantitative estimate of drug-likeness (QED) is 0.0201. The van der Waals surface area contributed by atoms with Crippen LogP contribution in [0.15, 0.2) is 60.8 Å². The van der Waals surface area contributed by atoms with Gasteiger partial charge in [-0.05, 0) is 57.8 Å². The van der Waals surface area contributed by atoms with Crippen molar-refractivity contribution in [2.45, 2.75) is 198 Å². The molecule has 0 radical (unpaired) electrons. The van der Waals surface area contributed by atoms with Gasteiger partial charge in [0.25, 0.3) is 0 Å². The van der Waals surface area contributed by atoms with Crippen LogP contribution < -0.4 is 0 Å². The van der Waals surface area contributed by atoms with E-state index in [1.54, 1.807) is 0 Å². The smallest absolute Gasteiger partial charge is 0.397 e. The summed E-state index contributed by atoms with van der Waals surface area (Å²) in [6.07, 6.45) is 36.8. The highest BCUT2D eigenvalue weighted by Crippen LogP contribution is 2.26. The maximum Gasteiger partial charge on any atom is 0.397 e. The average molecular weight is 857 g/mol. The number of aliphatic hydroxyl groups excluding tert-OH is 3. The predicted molar refractivity (Wildman–Crippen MR) is 234 cm³/mol. The second-order valence-electron chi connectivity index (χ2n) is 15.3. The summed E-state index contributed by atoms with van der Waals surface area (Å²) in [6.45, 7) is 3.83. The highest BCUT2D eigenvalue weighted by atomic mass is 32.3. The molecule has 1 heterocycles. The third-order valence-corrected chi connectivity index (χ3v) is 10.4. The fraction of sp³-hybridized carbons (Fsp3) is 0.761. The molecule has 1 aliphatic rings. The van der Waals surface area contributed by atoms with Crippen LogP contribution in [0.25, 0.3) is 0 Å². The lowest BCUT2D eigenvalue weighted by atomic mass is 9.99. The van der Waals surface area contributed by atoms with Gasteiger partial charge in [0.2, 0.25) is 0 Å². The summed E-state index contributed by atoms with van der Waals surface area (Å²) in [5.41, 5.74) is 0. The van der Waals surface area contributed by atoms with Crippen molar-refractivity contribution in [1.29, 1.82) is 0 Å². The molecule has 0 aromatic heterocycles. The van der Waals surface area contributed by atoms with Crippen LogP contribution in [0.1, 0.15) is 162 Å². The highest BCUT2D eigenvalue weighted by molar-refractivity contribution is 7.80. The summed E-state index contributed by atoms with van der Waals surface area (Å²) >= 11 is 0. The first-order valence-corrected chi connectivity index (χ1v) is 23.9. The molecule has 1 saturated heterocycles. The minimum atomic E-state index is -5.06. The number of carbonyl (C=O) groups is 1. The Kier molecular flexibility index (Phi) is 34.9. The Morgan fingerprint density at radius 3 is 1.71 bits per heavy atom. The normalized spacial score (nSPS) is 20.9. The molecule has 342 valence electrons. The zero-order chi connectivity index (χ0) is 43.2. The summed E-state index contributed by atoms with van der Waals surface area (Å²) < 4.78 is 59.0. The molecule has 12 nitrogen and oxygen atoms in total. The van der Waals surface area contributed by atoms with E-state index in [0.29, 0.717) is 13.0 Å². The minimum absolute atomic E-state index is 0.0269. The molecule has 6 unspecified atom stereocenters. The molecule has 0 aliphatic carbocycles. The molecule has 59 heavy (non-hydrogen) atoms. The zero-order valence-corrected chi connectivity index (χ0v) is 37.1. The number of allylic oxidation sites excluding steroid dienone is 10. The molecule has 1 rings (SSSR count). The van der Waals surface area contributed by atoms with Gasteiger partial charge in [-0.2, -0.15) is 8.42 Å². The Hall–Kier alpha value is -2.20. The fourth-order valence-corrected chi connectivity index (χ4v) is 7.03. The first-order chi connectivity index (χ1) is 28.6. The van der Waals surface area contributed by atoms with Crippen LogP contribution in [0.2, 0.25) is 0 Å². The molecule has 13 heteroatoms. The minimum Gasteiger partial charge on any atom is -0.457 e. The SMILES string of the molecule is CC/C=C\C/C=C\C/C=C\C/C=C\C/C=C\CCCCCCCC(=O)OC(COCCCCCCCCCCCCC)COC1OC(CO)C(O)C(OS(=O)(=O)O)C1O. The van der Waals surface area contributed by atoms with Crippen LogP contribution >= 0.6 is 0 Å². The van der Waals surface area contributed by atoms with Crippen molar-refractivity contribution in [3.05, 3.63) is 60.8 Å². The number of carbonyl (C=O) groups excluding carboxylic acids is 1. The van der Waals surface area contributed by atoms with Gasteiger partial charge in [-0.15, -0.1) is 0 Å². The molecule has 0 aromatic carbocycles. The summed E-state index contributed by atoms with van der Waals surface area (Å²) in [6, 6.07) is 0. The van der Waals surface area contributed by atoms with E-state index in [-0.39, 0.29) is 19.6 Å². The first-order valence-electron chi connectivity index (χ1n) is 22.5. The van der Waals surface area contributed by atoms with Gasteiger partial charge < -0.3 is 34.3 Å². The molecular formula is C46H80O12S. The van der Waals surface area contributed by atoms with Gasteiger partial charge >= 0.3 is 16.4 Å². The average Bonchev–Trinajstić information content (AvgIpc) is 3.20. The Labute approximate surface area is 357 Å². The molecule has 0 amide bonds. The van der Waals surface area contributed by atoms with Crippen LogP contribution in [0.4, 0.5) is 0 Å². The van der Waals surface area contributed by atoms with Gasteiger partial charge in [0, 0.05) is 13.0 Å². The number of hydrogen-bond donors (Lipinski definition) is 4. The fourth-order valence-electron chi connectivity index (χ4n) is 6.52. The second kappa shape index (κ2) is 37.6. The van der Waals surface area contributed by atoms with Gasteiger partial charge in [0.05, 0.1) is 19.8 Å². The maximum atomic E-state index is 12.8. The number of rotatable bonds is 38. The lowest BCUT2D eigenvalue weighted by molar-refractivity contribution is -0.301. The van der Waals surface area contributed by atoms with E-state index in [1.807, 2.05) is 0 Å². The van der Waals surface area contributed by atoms with Crippen molar-refractivity contribution >= 4 is 16.4 Å². The molecule has 0 aromatic rings. The summed E-state index contributed by atoms with van der Waals surface area (Å²) in [5, 5.41) is 30.6. The van der Waals surface area contributed by atoms with E-state index in [4.69, 9.17) is 23.5 Å². The summed E-state index contributed by atoms with van der Waals surface area (Å²) in [4.78, 5) is 12.8. The van der Waals surface area contributed by atoms with Crippen LogP contribution in [0.3, 0.4) is 0 Å². The van der Waals surface area contributed by atoms with E-state index < -0.39 is 59.8 Å². The molecule has 6 atom stereocenters. The second-order valence-corrected chi connectivity index (χ2v) is 16.3. The third kappa shape index (κ3) is 31.3. The van der Waals surface area contributed by atoms with Crippen LogP contribution in [-0.2, 0) is 38.3 Å². The van der Waals surface area contributed by atoms with E-state index in [2.05, 4.69) is 78.8 Å². The van der Waals surface area contributed by atoms with Crippen molar-refractivity contribution in [3.8, 4) is 0 Å². The monoisotopic (exact) mass is 857 g/mol. The molecule has 0 spiro atoms. The lowest BCUT2D eigenvalue weighted by Crippen LogP contribution is -2.60. The predicted octanol–water partition coefficient (Wildman–Crippen LogP) is 9.35. The Morgan fingerprint density at radius 1 is 0.661 bits per heavy atom. The Bertz CT molecular complexity index is 1260. The third-order valence-electron chi connectivity index (χ3n) is 9.90. The van der Waals surface area contributed by atoms with Crippen molar-refractivity contribution in [2.75, 3.05) is 26.4 Å². The van der Waals surface area contributed by atoms with Crippen LogP contribution in [0, 0.1) is 0 Å². The van der Waals surface area contributed by atoms with Gasteiger partial charge in [-0.1, -0.05) is 158 Å². The number of hydrogen-bond acceptors (Lipinski definition) is 11. The van der Waals surface area contributed by atoms with Crippen LogP contribution in [0.5, 0.6) is 0 Å². The zero-order valence-electron chi connectivity index (χ0n) is 36.3. The number of unbranched alkanes of at least 4 members (excludes halogenated alkanes) is 15. The van der Waals surface area contributed by atoms with Gasteiger partial charge in [-0.25, -0.2) is 4.18 Å². The van der Waals surface area contributed by atoms with Crippen LogP contribution in [-0.4, -0.2) is 97.5 Å².